The molecule has 0 amide bonds. The predicted octanol–water partition coefficient (Wildman–Crippen LogP) is 0.918. The third kappa shape index (κ3) is 3.29. The van der Waals surface area contributed by atoms with Crippen LogP contribution in [-0.2, 0) is 15.9 Å². The van der Waals surface area contributed by atoms with Gasteiger partial charge in [-0.3, -0.25) is 0 Å². The SMILES string of the molecule is C1COCCO1.OCC1Cc2ccccc2C1O. The number of rotatable bonds is 1. The number of hydrogen-bond donors (Lipinski definition) is 2. The highest BCUT2D eigenvalue weighted by Crippen LogP contribution is 2.35. The minimum Gasteiger partial charge on any atom is -0.396 e. The summed E-state index contributed by atoms with van der Waals surface area (Å²) in [4.78, 5) is 0. The molecule has 0 radical (unpaired) electrons. The highest BCUT2D eigenvalue weighted by Gasteiger charge is 2.29. The number of benzene rings is 1. The normalized spacial score (nSPS) is 26.1. The highest BCUT2D eigenvalue weighted by atomic mass is 16.6. The summed E-state index contributed by atoms with van der Waals surface area (Å²) in [7, 11) is 0. The molecule has 1 aliphatic heterocycles. The van der Waals surface area contributed by atoms with Crippen LogP contribution in [-0.4, -0.2) is 43.2 Å². The third-order valence-corrected chi connectivity index (χ3v) is 3.28. The van der Waals surface area contributed by atoms with Crippen molar-refractivity contribution in [2.24, 2.45) is 5.92 Å². The molecule has 1 aliphatic carbocycles. The van der Waals surface area contributed by atoms with Crippen LogP contribution in [0.2, 0.25) is 0 Å². The van der Waals surface area contributed by atoms with E-state index in [0.717, 1.165) is 38.4 Å². The zero-order valence-electron chi connectivity index (χ0n) is 10.4. The molecule has 2 N–H and O–H groups in total. The third-order valence-electron chi connectivity index (χ3n) is 3.28. The number of aliphatic hydroxyl groups is 2. The fraction of sp³-hybridized carbons (Fsp3) is 0.571. The van der Waals surface area contributed by atoms with Gasteiger partial charge >= 0.3 is 0 Å². The average Bonchev–Trinajstić information content (AvgIpc) is 2.79. The summed E-state index contributed by atoms with van der Waals surface area (Å²) in [5, 5.41) is 18.6. The van der Waals surface area contributed by atoms with Gasteiger partial charge in [0.2, 0.25) is 0 Å². The predicted molar refractivity (Wildman–Crippen MR) is 67.3 cm³/mol. The van der Waals surface area contributed by atoms with Crippen LogP contribution < -0.4 is 0 Å². The lowest BCUT2D eigenvalue weighted by Gasteiger charge is -2.10. The van der Waals surface area contributed by atoms with E-state index in [2.05, 4.69) is 0 Å². The maximum absolute atomic E-state index is 9.68. The Balaban J connectivity index is 0.000000169. The molecule has 1 saturated heterocycles. The van der Waals surface area contributed by atoms with Gasteiger partial charge in [0.05, 0.1) is 32.5 Å². The largest absolute Gasteiger partial charge is 0.396 e. The van der Waals surface area contributed by atoms with Crippen molar-refractivity contribution in [2.75, 3.05) is 33.0 Å². The van der Waals surface area contributed by atoms with Gasteiger partial charge in [-0.15, -0.1) is 0 Å². The summed E-state index contributed by atoms with van der Waals surface area (Å²) >= 11 is 0. The molecule has 1 aromatic rings. The lowest BCUT2D eigenvalue weighted by atomic mass is 10.1. The van der Waals surface area contributed by atoms with Crippen molar-refractivity contribution < 1.29 is 19.7 Å². The van der Waals surface area contributed by atoms with Crippen LogP contribution in [0.25, 0.3) is 0 Å². The van der Waals surface area contributed by atoms with Crippen molar-refractivity contribution >= 4 is 0 Å². The topological polar surface area (TPSA) is 58.9 Å². The van der Waals surface area contributed by atoms with E-state index in [1.807, 2.05) is 24.3 Å². The Morgan fingerprint density at radius 2 is 1.67 bits per heavy atom. The van der Waals surface area contributed by atoms with Gasteiger partial charge in [0.1, 0.15) is 0 Å². The lowest BCUT2D eigenvalue weighted by molar-refractivity contribution is -0.0334. The summed E-state index contributed by atoms with van der Waals surface area (Å²) in [5.41, 5.74) is 2.15. The molecular formula is C14H20O4. The Morgan fingerprint density at radius 3 is 2.17 bits per heavy atom. The molecule has 1 aromatic carbocycles. The first-order valence-corrected chi connectivity index (χ1v) is 6.35. The van der Waals surface area contributed by atoms with Crippen molar-refractivity contribution in [2.45, 2.75) is 12.5 Å². The molecule has 18 heavy (non-hydrogen) atoms. The monoisotopic (exact) mass is 252 g/mol. The Bertz CT molecular complexity index is 351. The molecule has 1 fully saturated rings. The molecular weight excluding hydrogens is 232 g/mol. The molecule has 4 nitrogen and oxygen atoms in total. The van der Waals surface area contributed by atoms with Crippen molar-refractivity contribution in [3.05, 3.63) is 35.4 Å². The Morgan fingerprint density at radius 1 is 1.06 bits per heavy atom. The first kappa shape index (κ1) is 13.5. The summed E-state index contributed by atoms with van der Waals surface area (Å²) < 4.78 is 9.89. The first-order valence-electron chi connectivity index (χ1n) is 6.35. The standard InChI is InChI=1S/C10H12O2.C4H8O2/c11-6-8-5-7-3-1-2-4-9(7)10(8)12;1-2-6-4-3-5-1/h1-4,8,10-12H,5-6H2;1-4H2. The number of aliphatic hydroxyl groups excluding tert-OH is 2. The zero-order valence-corrected chi connectivity index (χ0v) is 10.4. The van der Waals surface area contributed by atoms with E-state index in [0.29, 0.717) is 0 Å². The van der Waals surface area contributed by atoms with Gasteiger partial charge in [0.15, 0.2) is 0 Å². The smallest absolute Gasteiger partial charge is 0.0845 e. The molecule has 0 saturated carbocycles. The van der Waals surface area contributed by atoms with Crippen LogP contribution in [0, 0.1) is 5.92 Å². The summed E-state index contributed by atoms with van der Waals surface area (Å²) in [6, 6.07) is 7.82. The van der Waals surface area contributed by atoms with Gasteiger partial charge in [0.25, 0.3) is 0 Å². The number of ether oxygens (including phenoxy) is 2. The number of hydrogen-bond acceptors (Lipinski definition) is 4. The second-order valence-electron chi connectivity index (χ2n) is 4.52. The maximum atomic E-state index is 9.68. The van der Waals surface area contributed by atoms with E-state index in [1.165, 1.54) is 5.56 Å². The van der Waals surface area contributed by atoms with Gasteiger partial charge in [-0.2, -0.15) is 0 Å². The second kappa shape index (κ2) is 6.85. The van der Waals surface area contributed by atoms with Crippen LogP contribution in [0.5, 0.6) is 0 Å². The Labute approximate surface area is 107 Å². The minimum absolute atomic E-state index is 0.00222. The van der Waals surface area contributed by atoms with E-state index in [-0.39, 0.29) is 12.5 Å². The molecule has 4 heteroatoms. The van der Waals surface area contributed by atoms with Crippen molar-refractivity contribution in [1.82, 2.24) is 0 Å². The maximum Gasteiger partial charge on any atom is 0.0845 e. The molecule has 0 spiro atoms. The van der Waals surface area contributed by atoms with Crippen LogP contribution in [0.1, 0.15) is 17.2 Å². The quantitative estimate of drug-likeness (QED) is 0.780. The second-order valence-corrected chi connectivity index (χ2v) is 4.52. The van der Waals surface area contributed by atoms with E-state index in [1.54, 1.807) is 0 Å². The fourth-order valence-electron chi connectivity index (χ4n) is 2.26. The fourth-order valence-corrected chi connectivity index (χ4v) is 2.26. The van der Waals surface area contributed by atoms with Crippen LogP contribution >= 0.6 is 0 Å². The summed E-state index contributed by atoms with van der Waals surface area (Å²) in [5.74, 6) is 0.00222. The summed E-state index contributed by atoms with van der Waals surface area (Å²) in [6.45, 7) is 3.18. The molecule has 2 unspecified atom stereocenters. The van der Waals surface area contributed by atoms with Gasteiger partial charge in [-0.05, 0) is 17.5 Å². The van der Waals surface area contributed by atoms with Gasteiger partial charge in [0, 0.05) is 12.5 Å². The summed E-state index contributed by atoms with van der Waals surface area (Å²) in [6.07, 6.45) is 0.333. The molecule has 0 bridgehead atoms. The highest BCUT2D eigenvalue weighted by molar-refractivity contribution is 5.34. The zero-order chi connectivity index (χ0) is 12.8. The molecule has 2 atom stereocenters. The molecule has 0 aromatic heterocycles. The van der Waals surface area contributed by atoms with E-state index in [4.69, 9.17) is 14.6 Å². The Hall–Kier alpha value is -0.940. The number of fused-ring (bicyclic) bond motifs is 1. The molecule has 100 valence electrons. The van der Waals surface area contributed by atoms with Crippen LogP contribution in [0.3, 0.4) is 0 Å². The minimum atomic E-state index is -0.466. The van der Waals surface area contributed by atoms with Gasteiger partial charge in [-0.25, -0.2) is 0 Å². The Kier molecular flexibility index (Phi) is 5.13. The first-order chi connectivity index (χ1) is 8.83. The van der Waals surface area contributed by atoms with Crippen molar-refractivity contribution in [1.29, 1.82) is 0 Å². The van der Waals surface area contributed by atoms with E-state index < -0.39 is 6.10 Å². The molecule has 1 heterocycles. The van der Waals surface area contributed by atoms with Crippen LogP contribution in [0.4, 0.5) is 0 Å². The van der Waals surface area contributed by atoms with Crippen molar-refractivity contribution in [3.8, 4) is 0 Å². The van der Waals surface area contributed by atoms with Crippen molar-refractivity contribution in [3.63, 3.8) is 0 Å². The lowest BCUT2D eigenvalue weighted by Crippen LogP contribution is -2.16. The molecule has 3 rings (SSSR count). The molecule has 2 aliphatic rings. The van der Waals surface area contributed by atoms with Gasteiger partial charge in [-0.1, -0.05) is 24.3 Å². The van der Waals surface area contributed by atoms with E-state index >= 15 is 0 Å². The van der Waals surface area contributed by atoms with Crippen LogP contribution in [0.15, 0.2) is 24.3 Å². The average molecular weight is 252 g/mol. The van der Waals surface area contributed by atoms with Gasteiger partial charge < -0.3 is 19.7 Å². The van der Waals surface area contributed by atoms with E-state index in [9.17, 15) is 5.11 Å².